The van der Waals surface area contributed by atoms with Crippen LogP contribution in [-0.4, -0.2) is 49.1 Å². The Morgan fingerprint density at radius 3 is 2.77 bits per heavy atom. The molecule has 0 aromatic carbocycles. The van der Waals surface area contributed by atoms with Crippen molar-refractivity contribution in [3.05, 3.63) is 23.9 Å². The van der Waals surface area contributed by atoms with Gasteiger partial charge < -0.3 is 15.0 Å². The lowest BCUT2D eigenvalue weighted by Crippen LogP contribution is -2.27. The minimum absolute atomic E-state index is 0.0336. The van der Waals surface area contributed by atoms with Crippen LogP contribution in [0.5, 0.6) is 0 Å². The average molecular weight is 305 g/mol. The standard InChI is InChI=1S/C17H27N3O2/c1-13-6-4-5-7-15(13)22-11-10-18-16-9-8-14(12-19-16)17(21)20(2)3/h8-9,12-13,15H,4-7,10-11H2,1-3H3,(H,18,19)/t13-,15+/m1/s1. The number of rotatable bonds is 6. The number of pyridine rings is 1. The molecule has 0 saturated heterocycles. The highest BCUT2D eigenvalue weighted by Gasteiger charge is 2.21. The third-order valence-electron chi connectivity index (χ3n) is 4.19. The van der Waals surface area contributed by atoms with E-state index in [1.54, 1.807) is 31.3 Å². The van der Waals surface area contributed by atoms with E-state index in [-0.39, 0.29) is 5.91 Å². The van der Waals surface area contributed by atoms with Gasteiger partial charge in [0.2, 0.25) is 0 Å². The molecule has 2 rings (SSSR count). The summed E-state index contributed by atoms with van der Waals surface area (Å²) in [6.45, 7) is 3.70. The van der Waals surface area contributed by atoms with Gasteiger partial charge in [0.05, 0.1) is 18.3 Å². The predicted molar refractivity (Wildman–Crippen MR) is 88.1 cm³/mol. The van der Waals surface area contributed by atoms with Crippen molar-refractivity contribution in [1.29, 1.82) is 0 Å². The largest absolute Gasteiger partial charge is 0.376 e. The van der Waals surface area contributed by atoms with Crippen LogP contribution in [0, 0.1) is 5.92 Å². The van der Waals surface area contributed by atoms with Crippen molar-refractivity contribution in [3.8, 4) is 0 Å². The first kappa shape index (κ1) is 16.7. The van der Waals surface area contributed by atoms with Crippen LogP contribution >= 0.6 is 0 Å². The van der Waals surface area contributed by atoms with Crippen LogP contribution in [0.3, 0.4) is 0 Å². The number of hydrogen-bond donors (Lipinski definition) is 1. The number of carbonyl (C=O) groups excluding carboxylic acids is 1. The number of carbonyl (C=O) groups is 1. The van der Waals surface area contributed by atoms with E-state index in [0.29, 0.717) is 24.2 Å². The van der Waals surface area contributed by atoms with E-state index in [2.05, 4.69) is 17.2 Å². The van der Waals surface area contributed by atoms with Crippen molar-refractivity contribution in [3.63, 3.8) is 0 Å². The van der Waals surface area contributed by atoms with Crippen molar-refractivity contribution in [2.45, 2.75) is 38.7 Å². The molecule has 0 radical (unpaired) electrons. The van der Waals surface area contributed by atoms with E-state index in [9.17, 15) is 4.79 Å². The first-order chi connectivity index (χ1) is 10.6. The zero-order valence-electron chi connectivity index (χ0n) is 13.8. The second-order valence-electron chi connectivity index (χ2n) is 6.23. The maximum atomic E-state index is 11.8. The number of nitrogens with one attached hydrogen (secondary N) is 1. The van der Waals surface area contributed by atoms with E-state index in [0.717, 1.165) is 12.4 Å². The normalized spacial score (nSPS) is 21.4. The summed E-state index contributed by atoms with van der Waals surface area (Å²) < 4.78 is 5.96. The fourth-order valence-corrected chi connectivity index (χ4v) is 2.80. The van der Waals surface area contributed by atoms with Gasteiger partial charge >= 0.3 is 0 Å². The van der Waals surface area contributed by atoms with Gasteiger partial charge in [-0.2, -0.15) is 0 Å². The van der Waals surface area contributed by atoms with E-state index < -0.39 is 0 Å². The van der Waals surface area contributed by atoms with Crippen LogP contribution in [0.1, 0.15) is 43.0 Å². The minimum Gasteiger partial charge on any atom is -0.376 e. The summed E-state index contributed by atoms with van der Waals surface area (Å²) in [5, 5.41) is 3.23. The van der Waals surface area contributed by atoms with Crippen molar-refractivity contribution in [2.24, 2.45) is 5.92 Å². The summed E-state index contributed by atoms with van der Waals surface area (Å²) >= 11 is 0. The Hall–Kier alpha value is -1.62. The molecule has 1 aliphatic carbocycles. The summed E-state index contributed by atoms with van der Waals surface area (Å²) in [6.07, 6.45) is 7.09. The monoisotopic (exact) mass is 305 g/mol. The Morgan fingerprint density at radius 2 is 2.14 bits per heavy atom. The van der Waals surface area contributed by atoms with Crippen LogP contribution in [0.15, 0.2) is 18.3 Å². The number of amides is 1. The van der Waals surface area contributed by atoms with E-state index in [4.69, 9.17) is 4.74 Å². The van der Waals surface area contributed by atoms with Gasteiger partial charge in [0, 0.05) is 26.8 Å². The van der Waals surface area contributed by atoms with Crippen molar-refractivity contribution in [2.75, 3.05) is 32.6 Å². The molecular formula is C17H27N3O2. The van der Waals surface area contributed by atoms with Gasteiger partial charge in [-0.3, -0.25) is 4.79 Å². The van der Waals surface area contributed by atoms with Gasteiger partial charge in [0.1, 0.15) is 5.82 Å². The maximum absolute atomic E-state index is 11.8. The first-order valence-electron chi connectivity index (χ1n) is 8.11. The molecule has 1 aromatic heterocycles. The van der Waals surface area contributed by atoms with Gasteiger partial charge in [0.25, 0.3) is 5.91 Å². The zero-order chi connectivity index (χ0) is 15.9. The van der Waals surface area contributed by atoms with Gasteiger partial charge in [-0.1, -0.05) is 19.8 Å². The van der Waals surface area contributed by atoms with Gasteiger partial charge in [-0.05, 0) is 30.9 Å². The molecule has 5 heteroatoms. The molecule has 2 atom stereocenters. The lowest BCUT2D eigenvalue weighted by molar-refractivity contribution is 0.000372. The summed E-state index contributed by atoms with van der Waals surface area (Å²) in [4.78, 5) is 17.6. The van der Waals surface area contributed by atoms with E-state index in [1.807, 2.05) is 6.07 Å². The molecule has 1 aliphatic rings. The number of anilines is 1. The lowest BCUT2D eigenvalue weighted by atomic mass is 9.88. The Labute approximate surface area is 133 Å². The fourth-order valence-electron chi connectivity index (χ4n) is 2.80. The van der Waals surface area contributed by atoms with Crippen LogP contribution in [-0.2, 0) is 4.74 Å². The molecule has 1 fully saturated rings. The summed E-state index contributed by atoms with van der Waals surface area (Å²) in [6, 6.07) is 3.63. The van der Waals surface area contributed by atoms with Crippen LogP contribution in [0.4, 0.5) is 5.82 Å². The Bertz CT molecular complexity index is 473. The highest BCUT2D eigenvalue weighted by Crippen LogP contribution is 2.26. The average Bonchev–Trinajstić information content (AvgIpc) is 2.53. The quantitative estimate of drug-likeness (QED) is 0.821. The highest BCUT2D eigenvalue weighted by atomic mass is 16.5. The fraction of sp³-hybridized carbons (Fsp3) is 0.647. The number of ether oxygens (including phenoxy) is 1. The lowest BCUT2D eigenvalue weighted by Gasteiger charge is -2.28. The Balaban J connectivity index is 1.72. The molecule has 1 heterocycles. The molecule has 0 spiro atoms. The summed E-state index contributed by atoms with van der Waals surface area (Å²) in [5.74, 6) is 1.41. The molecule has 1 amide bonds. The number of hydrogen-bond acceptors (Lipinski definition) is 4. The van der Waals surface area contributed by atoms with Gasteiger partial charge in [-0.25, -0.2) is 4.98 Å². The van der Waals surface area contributed by atoms with Crippen molar-refractivity contribution >= 4 is 11.7 Å². The van der Waals surface area contributed by atoms with Gasteiger partial charge in [-0.15, -0.1) is 0 Å². The number of nitrogens with zero attached hydrogens (tertiary/aromatic N) is 2. The summed E-state index contributed by atoms with van der Waals surface area (Å²) in [5.41, 5.74) is 0.600. The highest BCUT2D eigenvalue weighted by molar-refractivity contribution is 5.93. The predicted octanol–water partition coefficient (Wildman–Crippen LogP) is 2.79. The van der Waals surface area contributed by atoms with Crippen LogP contribution in [0.2, 0.25) is 0 Å². The molecule has 122 valence electrons. The molecule has 22 heavy (non-hydrogen) atoms. The third-order valence-corrected chi connectivity index (χ3v) is 4.19. The molecular weight excluding hydrogens is 278 g/mol. The molecule has 1 aromatic rings. The molecule has 0 unspecified atom stereocenters. The van der Waals surface area contributed by atoms with Gasteiger partial charge in [0.15, 0.2) is 0 Å². The maximum Gasteiger partial charge on any atom is 0.254 e. The summed E-state index contributed by atoms with van der Waals surface area (Å²) in [7, 11) is 3.47. The molecule has 1 N–H and O–H groups in total. The van der Waals surface area contributed by atoms with Crippen LogP contribution in [0.25, 0.3) is 0 Å². The smallest absolute Gasteiger partial charge is 0.254 e. The van der Waals surface area contributed by atoms with Crippen LogP contribution < -0.4 is 5.32 Å². The minimum atomic E-state index is -0.0336. The second-order valence-corrected chi connectivity index (χ2v) is 6.23. The van der Waals surface area contributed by atoms with E-state index >= 15 is 0 Å². The SMILES string of the molecule is C[C@@H]1CCCC[C@@H]1OCCNc1ccc(C(=O)N(C)C)cn1. The zero-order valence-corrected chi connectivity index (χ0v) is 13.8. The molecule has 5 nitrogen and oxygen atoms in total. The molecule has 0 bridgehead atoms. The van der Waals surface area contributed by atoms with E-state index in [1.165, 1.54) is 25.7 Å². The third kappa shape index (κ3) is 4.70. The molecule has 0 aliphatic heterocycles. The van der Waals surface area contributed by atoms with Crippen molar-refractivity contribution in [1.82, 2.24) is 9.88 Å². The second kappa shape index (κ2) is 8.13. The molecule has 1 saturated carbocycles. The number of aromatic nitrogens is 1. The Morgan fingerprint density at radius 1 is 1.36 bits per heavy atom. The topological polar surface area (TPSA) is 54.5 Å². The van der Waals surface area contributed by atoms with Crippen molar-refractivity contribution < 1.29 is 9.53 Å². The Kier molecular flexibility index (Phi) is 6.19. The first-order valence-corrected chi connectivity index (χ1v) is 8.11.